The minimum Gasteiger partial charge on any atom is -0.372 e. The summed E-state index contributed by atoms with van der Waals surface area (Å²) in [6.45, 7) is 2.23. The van der Waals surface area contributed by atoms with E-state index in [1.807, 2.05) is 12.1 Å². The Morgan fingerprint density at radius 3 is 2.42 bits per heavy atom. The Morgan fingerprint density at radius 1 is 1.04 bits per heavy atom. The molecule has 1 aliphatic heterocycles. The van der Waals surface area contributed by atoms with E-state index in [1.54, 1.807) is 6.20 Å². The van der Waals surface area contributed by atoms with Crippen LogP contribution in [0.1, 0.15) is 36.2 Å². The molecule has 1 aromatic heterocycles. The molecule has 1 aromatic carbocycles. The van der Waals surface area contributed by atoms with E-state index in [9.17, 15) is 4.79 Å². The Labute approximate surface area is 141 Å². The maximum Gasteiger partial charge on any atom is 0.275 e. The number of carbonyl (C=O) groups is 1. The predicted octanol–water partition coefficient (Wildman–Crippen LogP) is 2.90. The first kappa shape index (κ1) is 14.9. The zero-order chi connectivity index (χ0) is 16.4. The normalized spacial score (nSPS) is 16.9. The average Bonchev–Trinajstić information content (AvgIpc) is 3.25. The van der Waals surface area contributed by atoms with Gasteiger partial charge in [-0.05, 0) is 49.9 Å². The summed E-state index contributed by atoms with van der Waals surface area (Å²) in [4.78, 5) is 23.1. The van der Waals surface area contributed by atoms with E-state index in [0.29, 0.717) is 11.7 Å². The van der Waals surface area contributed by atoms with Gasteiger partial charge in [-0.3, -0.25) is 4.79 Å². The third-order valence-electron chi connectivity index (χ3n) is 4.41. The Kier molecular flexibility index (Phi) is 4.02. The molecule has 1 amide bonds. The van der Waals surface area contributed by atoms with Crippen molar-refractivity contribution < 1.29 is 4.79 Å². The third kappa shape index (κ3) is 3.48. The fraction of sp³-hybridized carbons (Fsp3) is 0.389. The summed E-state index contributed by atoms with van der Waals surface area (Å²) in [6.07, 6.45) is 7.99. The Hall–Kier alpha value is -2.63. The van der Waals surface area contributed by atoms with Crippen LogP contribution in [0.15, 0.2) is 36.7 Å². The molecule has 6 heteroatoms. The van der Waals surface area contributed by atoms with Gasteiger partial charge in [-0.15, -0.1) is 0 Å². The van der Waals surface area contributed by atoms with Crippen molar-refractivity contribution in [3.8, 4) is 0 Å². The van der Waals surface area contributed by atoms with Gasteiger partial charge in [0.25, 0.3) is 5.91 Å². The summed E-state index contributed by atoms with van der Waals surface area (Å²) in [6, 6.07) is 8.49. The third-order valence-corrected chi connectivity index (χ3v) is 4.41. The molecule has 1 saturated heterocycles. The van der Waals surface area contributed by atoms with E-state index in [0.717, 1.165) is 24.6 Å². The molecule has 24 heavy (non-hydrogen) atoms. The first-order valence-corrected chi connectivity index (χ1v) is 8.53. The number of hydrogen-bond donors (Lipinski definition) is 2. The summed E-state index contributed by atoms with van der Waals surface area (Å²) >= 11 is 0. The van der Waals surface area contributed by atoms with E-state index in [2.05, 4.69) is 37.6 Å². The van der Waals surface area contributed by atoms with Crippen LogP contribution in [0.25, 0.3) is 0 Å². The maximum absolute atomic E-state index is 12.3. The SMILES string of the molecule is O=C(Nc1ccc(N2CCCC2)cc1)c1cnc(NC2CC2)cn1. The van der Waals surface area contributed by atoms with Crippen molar-refractivity contribution in [3.05, 3.63) is 42.4 Å². The Balaban J connectivity index is 1.37. The van der Waals surface area contributed by atoms with Gasteiger partial charge in [0.15, 0.2) is 0 Å². The largest absolute Gasteiger partial charge is 0.372 e. The fourth-order valence-electron chi connectivity index (χ4n) is 2.88. The first-order valence-electron chi connectivity index (χ1n) is 8.53. The van der Waals surface area contributed by atoms with Crippen molar-refractivity contribution in [1.29, 1.82) is 0 Å². The smallest absolute Gasteiger partial charge is 0.275 e. The lowest BCUT2D eigenvalue weighted by molar-refractivity contribution is 0.102. The molecule has 1 saturated carbocycles. The van der Waals surface area contributed by atoms with Gasteiger partial charge in [0, 0.05) is 30.5 Å². The molecule has 2 heterocycles. The van der Waals surface area contributed by atoms with Crippen molar-refractivity contribution in [2.45, 2.75) is 31.7 Å². The highest BCUT2D eigenvalue weighted by molar-refractivity contribution is 6.02. The van der Waals surface area contributed by atoms with Gasteiger partial charge in [-0.1, -0.05) is 0 Å². The van der Waals surface area contributed by atoms with Crippen LogP contribution in [0.2, 0.25) is 0 Å². The number of nitrogens with zero attached hydrogens (tertiary/aromatic N) is 3. The molecule has 2 fully saturated rings. The van der Waals surface area contributed by atoms with Crippen molar-refractivity contribution in [1.82, 2.24) is 9.97 Å². The van der Waals surface area contributed by atoms with Crippen LogP contribution in [-0.4, -0.2) is 35.0 Å². The maximum atomic E-state index is 12.3. The van der Waals surface area contributed by atoms with Crippen LogP contribution in [0.4, 0.5) is 17.2 Å². The molecule has 0 radical (unpaired) electrons. The number of anilines is 3. The Bertz CT molecular complexity index is 703. The van der Waals surface area contributed by atoms with Crippen molar-refractivity contribution in [2.75, 3.05) is 28.6 Å². The zero-order valence-electron chi connectivity index (χ0n) is 13.5. The number of hydrogen-bond acceptors (Lipinski definition) is 5. The summed E-state index contributed by atoms with van der Waals surface area (Å²) in [5.41, 5.74) is 2.30. The summed E-state index contributed by atoms with van der Waals surface area (Å²) in [7, 11) is 0. The average molecular weight is 323 g/mol. The van der Waals surface area contributed by atoms with E-state index in [-0.39, 0.29) is 5.91 Å². The van der Waals surface area contributed by atoms with E-state index in [4.69, 9.17) is 0 Å². The molecule has 0 bridgehead atoms. The number of nitrogens with one attached hydrogen (secondary N) is 2. The summed E-state index contributed by atoms with van der Waals surface area (Å²) in [5.74, 6) is 0.485. The van der Waals surface area contributed by atoms with Crippen LogP contribution in [0, 0.1) is 0 Å². The van der Waals surface area contributed by atoms with Crippen LogP contribution in [0.3, 0.4) is 0 Å². The first-order chi connectivity index (χ1) is 11.8. The molecule has 124 valence electrons. The van der Waals surface area contributed by atoms with Gasteiger partial charge >= 0.3 is 0 Å². The van der Waals surface area contributed by atoms with Gasteiger partial charge in [-0.25, -0.2) is 9.97 Å². The lowest BCUT2D eigenvalue weighted by Gasteiger charge is -2.17. The molecule has 0 atom stereocenters. The second kappa shape index (κ2) is 6.47. The second-order valence-corrected chi connectivity index (χ2v) is 6.40. The summed E-state index contributed by atoms with van der Waals surface area (Å²) < 4.78 is 0. The number of carbonyl (C=O) groups excluding carboxylic acids is 1. The molecule has 2 N–H and O–H groups in total. The molecular weight excluding hydrogens is 302 g/mol. The highest BCUT2D eigenvalue weighted by Crippen LogP contribution is 2.24. The molecule has 6 nitrogen and oxygen atoms in total. The molecule has 1 aliphatic carbocycles. The quantitative estimate of drug-likeness (QED) is 0.885. The van der Waals surface area contributed by atoms with Crippen LogP contribution in [0.5, 0.6) is 0 Å². The van der Waals surface area contributed by atoms with Crippen molar-refractivity contribution in [3.63, 3.8) is 0 Å². The Morgan fingerprint density at radius 2 is 1.79 bits per heavy atom. The topological polar surface area (TPSA) is 70.2 Å². The van der Waals surface area contributed by atoms with Crippen LogP contribution in [-0.2, 0) is 0 Å². The van der Waals surface area contributed by atoms with E-state index < -0.39 is 0 Å². The number of benzene rings is 1. The van der Waals surface area contributed by atoms with Gasteiger partial charge < -0.3 is 15.5 Å². The zero-order valence-corrected chi connectivity index (χ0v) is 13.5. The number of rotatable bonds is 5. The van der Waals surface area contributed by atoms with Gasteiger partial charge in [0.1, 0.15) is 11.5 Å². The van der Waals surface area contributed by atoms with E-state index in [1.165, 1.54) is 37.6 Å². The minimum atomic E-state index is -0.241. The van der Waals surface area contributed by atoms with Gasteiger partial charge in [-0.2, -0.15) is 0 Å². The number of amides is 1. The van der Waals surface area contributed by atoms with E-state index >= 15 is 0 Å². The van der Waals surface area contributed by atoms with Crippen molar-refractivity contribution >= 4 is 23.1 Å². The summed E-state index contributed by atoms with van der Waals surface area (Å²) in [5, 5.41) is 6.12. The number of aromatic nitrogens is 2. The fourth-order valence-corrected chi connectivity index (χ4v) is 2.88. The molecule has 4 rings (SSSR count). The highest BCUT2D eigenvalue weighted by atomic mass is 16.1. The standard InChI is InChI=1S/C18H21N5O/c24-18(16-11-20-17(12-19-16)21-13-3-4-13)22-14-5-7-15(8-6-14)23-9-1-2-10-23/h5-8,11-13H,1-4,9-10H2,(H,20,21)(H,22,24). The van der Waals surface area contributed by atoms with Crippen molar-refractivity contribution in [2.24, 2.45) is 0 Å². The molecular formula is C18H21N5O. The molecule has 0 unspecified atom stereocenters. The highest BCUT2D eigenvalue weighted by Gasteiger charge is 2.21. The van der Waals surface area contributed by atoms with Gasteiger partial charge in [0.05, 0.1) is 12.4 Å². The monoisotopic (exact) mass is 323 g/mol. The molecule has 2 aromatic rings. The molecule has 0 spiro atoms. The lowest BCUT2D eigenvalue weighted by atomic mass is 10.2. The lowest BCUT2D eigenvalue weighted by Crippen LogP contribution is -2.18. The molecule has 2 aliphatic rings. The predicted molar refractivity (Wildman–Crippen MR) is 94.5 cm³/mol. The van der Waals surface area contributed by atoms with Gasteiger partial charge in [0.2, 0.25) is 0 Å². The second-order valence-electron chi connectivity index (χ2n) is 6.40. The van der Waals surface area contributed by atoms with Crippen LogP contribution >= 0.6 is 0 Å². The minimum absolute atomic E-state index is 0.241. The van der Waals surface area contributed by atoms with Crippen LogP contribution < -0.4 is 15.5 Å².